The molecule has 0 radical (unpaired) electrons. The van der Waals surface area contributed by atoms with Gasteiger partial charge in [0, 0.05) is 6.07 Å². The molecule has 3 nitrogen and oxygen atoms in total. The van der Waals surface area contributed by atoms with Crippen LogP contribution in [-0.4, -0.2) is 19.2 Å². The quantitative estimate of drug-likeness (QED) is 0.308. The maximum Gasteiger partial charge on any atom is 0.358 e. The van der Waals surface area contributed by atoms with Gasteiger partial charge < -0.3 is 0 Å². The van der Waals surface area contributed by atoms with Crippen molar-refractivity contribution in [3.8, 4) is 0 Å². The minimum atomic E-state index is -1.08. The monoisotopic (exact) mass is 189 g/mol. The third-order valence-corrected chi connectivity index (χ3v) is 2.60. The molecule has 0 aliphatic heterocycles. The number of thiophene rings is 1. The van der Waals surface area contributed by atoms with Crippen LogP contribution in [0.25, 0.3) is 0 Å². The van der Waals surface area contributed by atoms with Crippen LogP contribution in [0.3, 0.4) is 0 Å². The van der Waals surface area contributed by atoms with E-state index >= 15 is 0 Å². The molecule has 12 heavy (non-hydrogen) atoms. The van der Waals surface area contributed by atoms with Crippen LogP contribution in [0.15, 0.2) is 11.4 Å². The van der Waals surface area contributed by atoms with Crippen LogP contribution < -0.4 is 4.18 Å². The first kappa shape index (κ1) is 9.02. The highest BCUT2D eigenvalue weighted by atomic mass is 32.2. The molecule has 0 fully saturated rings. The zero-order chi connectivity index (χ0) is 9.14. The van der Waals surface area contributed by atoms with Gasteiger partial charge in [0.1, 0.15) is 0 Å². The molecular formula is C7H6FO3S+. The van der Waals surface area contributed by atoms with E-state index in [0.29, 0.717) is 0 Å². The molecule has 0 aliphatic rings. The van der Waals surface area contributed by atoms with Crippen molar-refractivity contribution >= 4 is 22.8 Å². The Bertz CT molecular complexity index is 318. The second-order valence-corrected chi connectivity index (χ2v) is 3.52. The minimum absolute atomic E-state index is 0.0627. The zero-order valence-electron chi connectivity index (χ0n) is 6.24. The molecule has 1 unspecified atom stereocenters. The number of carbonyl (C=O) groups excluding carboxylic acids is 2. The summed E-state index contributed by atoms with van der Waals surface area (Å²) in [5, 5.41) is 0.772. The summed E-state index contributed by atoms with van der Waals surface area (Å²) < 4.78 is 17.5. The number of aldehydes is 1. The number of halogens is 1. The first-order chi connectivity index (χ1) is 5.69. The van der Waals surface area contributed by atoms with E-state index < -0.39 is 21.7 Å². The van der Waals surface area contributed by atoms with Crippen molar-refractivity contribution < 1.29 is 18.2 Å². The topological polar surface area (TPSA) is 43.4 Å². The summed E-state index contributed by atoms with van der Waals surface area (Å²) >= 11 is 0. The first-order valence-corrected chi connectivity index (χ1v) is 4.26. The highest BCUT2D eigenvalue weighted by Gasteiger charge is 2.21. The first-order valence-electron chi connectivity index (χ1n) is 3.05. The van der Waals surface area contributed by atoms with Crippen LogP contribution in [0.4, 0.5) is 4.39 Å². The van der Waals surface area contributed by atoms with Gasteiger partial charge >= 0.3 is 5.13 Å². The van der Waals surface area contributed by atoms with Crippen LogP contribution in [0, 0.1) is 5.13 Å². The van der Waals surface area contributed by atoms with Crippen molar-refractivity contribution in [1.82, 2.24) is 0 Å². The fraction of sp³-hybridized carbons (Fsp3) is 0.143. The van der Waals surface area contributed by atoms with Gasteiger partial charge in [0.05, 0.1) is 12.7 Å². The van der Waals surface area contributed by atoms with Gasteiger partial charge in [0.2, 0.25) is 5.78 Å². The van der Waals surface area contributed by atoms with E-state index in [4.69, 9.17) is 0 Å². The molecule has 1 heterocycles. The second kappa shape index (κ2) is 3.55. The Morgan fingerprint density at radius 2 is 2.42 bits per heavy atom. The van der Waals surface area contributed by atoms with Crippen molar-refractivity contribution in [1.29, 1.82) is 0 Å². The second-order valence-electron chi connectivity index (χ2n) is 1.97. The van der Waals surface area contributed by atoms with Gasteiger partial charge in [-0.15, -0.1) is 4.39 Å². The third kappa shape index (κ3) is 1.57. The van der Waals surface area contributed by atoms with E-state index in [0.717, 1.165) is 6.07 Å². The van der Waals surface area contributed by atoms with Gasteiger partial charge in [-0.05, 0) is 0 Å². The van der Waals surface area contributed by atoms with Crippen molar-refractivity contribution in [2.24, 2.45) is 0 Å². The van der Waals surface area contributed by atoms with E-state index in [1.165, 1.54) is 12.5 Å². The Hall–Kier alpha value is -1.07. The number of rotatable bonds is 3. The Labute approximate surface area is 70.9 Å². The number of carbonyl (C=O) groups is 2. The summed E-state index contributed by atoms with van der Waals surface area (Å²) in [6.07, 6.45) is 0.151. The Balaban J connectivity index is 3.04. The number of hydrogen-bond acceptors (Lipinski definition) is 3. The van der Waals surface area contributed by atoms with Crippen molar-refractivity contribution in [2.75, 3.05) is 7.11 Å². The summed E-state index contributed by atoms with van der Waals surface area (Å²) in [7, 11) is 0.256. The van der Waals surface area contributed by atoms with Crippen molar-refractivity contribution in [2.45, 2.75) is 0 Å². The summed E-state index contributed by atoms with van der Waals surface area (Å²) in [6.45, 7) is 0. The summed E-state index contributed by atoms with van der Waals surface area (Å²) in [5.74, 6) is -0.725. The lowest BCUT2D eigenvalue weighted by molar-refractivity contribution is -0.104. The zero-order valence-corrected chi connectivity index (χ0v) is 7.06. The number of Topliss-reactive ketones (excluding diaryl/α,β-unsaturated/α-hetero) is 1. The molecule has 0 saturated carbocycles. The predicted molar refractivity (Wildman–Crippen MR) is 41.8 cm³/mol. The van der Waals surface area contributed by atoms with Crippen LogP contribution in [0.5, 0.6) is 0 Å². The Kier molecular flexibility index (Phi) is 2.67. The molecule has 1 atom stereocenters. The molecule has 64 valence electrons. The molecule has 0 N–H and O–H groups in total. The molecule has 0 aromatic carbocycles. The molecule has 1 aromatic heterocycles. The lowest BCUT2D eigenvalue weighted by Gasteiger charge is -1.76. The maximum absolute atomic E-state index is 12.8. The fourth-order valence-electron chi connectivity index (χ4n) is 0.711. The van der Waals surface area contributed by atoms with Crippen LogP contribution in [0.1, 0.15) is 10.4 Å². The normalized spacial score (nSPS) is 11.3. The third-order valence-electron chi connectivity index (χ3n) is 1.27. The van der Waals surface area contributed by atoms with Gasteiger partial charge in [-0.2, -0.15) is 4.18 Å². The molecule has 0 bridgehead atoms. The van der Waals surface area contributed by atoms with Crippen molar-refractivity contribution in [3.63, 3.8) is 0 Å². The number of ketones is 1. The van der Waals surface area contributed by atoms with Gasteiger partial charge in [-0.25, -0.2) is 0 Å². The van der Waals surface area contributed by atoms with Gasteiger partial charge in [-0.1, -0.05) is 0 Å². The molecule has 0 saturated heterocycles. The lowest BCUT2D eigenvalue weighted by atomic mass is 10.2. The molecule has 0 spiro atoms. The number of hydrogen-bond donors (Lipinski definition) is 0. The fourth-order valence-corrected chi connectivity index (χ4v) is 1.74. The maximum atomic E-state index is 12.8. The minimum Gasteiger partial charge on any atom is -0.294 e. The molecule has 1 rings (SSSR count). The lowest BCUT2D eigenvalue weighted by Crippen LogP contribution is -1.96. The van der Waals surface area contributed by atoms with Crippen molar-refractivity contribution in [3.05, 3.63) is 22.1 Å². The average Bonchev–Trinajstić information content (AvgIpc) is 2.45. The van der Waals surface area contributed by atoms with Gasteiger partial charge in [0.25, 0.3) is 0 Å². The van der Waals surface area contributed by atoms with E-state index in [9.17, 15) is 14.0 Å². The summed E-state index contributed by atoms with van der Waals surface area (Å²) in [6, 6.07) is 1.02. The average molecular weight is 189 g/mol. The molecule has 5 heteroatoms. The predicted octanol–water partition coefficient (Wildman–Crippen LogP) is 1.01. The smallest absolute Gasteiger partial charge is 0.294 e. The SMILES string of the molecule is CO[s+]1cc(C(=O)C=O)cc1F. The summed E-state index contributed by atoms with van der Waals surface area (Å²) in [4.78, 5) is 20.7. The van der Waals surface area contributed by atoms with Crippen LogP contribution in [-0.2, 0) is 4.79 Å². The molecule has 0 amide bonds. The standard InChI is InChI=1S/C7H6FO3S/c1-11-12-4-5(2-7(12)8)6(10)3-9/h2-4H,1H3/q+1. The van der Waals surface area contributed by atoms with Gasteiger partial charge in [0.15, 0.2) is 22.4 Å². The van der Waals surface area contributed by atoms with E-state index in [2.05, 4.69) is 4.18 Å². The molecule has 1 aromatic rings. The Morgan fingerprint density at radius 3 is 2.83 bits per heavy atom. The van der Waals surface area contributed by atoms with E-state index in [1.807, 2.05) is 0 Å². The Morgan fingerprint density at radius 1 is 1.75 bits per heavy atom. The van der Waals surface area contributed by atoms with Gasteiger partial charge in [-0.3, -0.25) is 9.59 Å². The molecular weight excluding hydrogens is 183 g/mol. The largest absolute Gasteiger partial charge is 0.358 e. The summed E-state index contributed by atoms with van der Waals surface area (Å²) in [5.41, 5.74) is 0.0627. The highest BCUT2D eigenvalue weighted by Crippen LogP contribution is 2.23. The van der Waals surface area contributed by atoms with Crippen LogP contribution in [0.2, 0.25) is 0 Å². The highest BCUT2D eigenvalue weighted by molar-refractivity contribution is 7.23. The van der Waals surface area contributed by atoms with Crippen LogP contribution >= 0.6 is 10.8 Å². The van der Waals surface area contributed by atoms with E-state index in [-0.39, 0.29) is 11.8 Å². The molecule has 0 aliphatic carbocycles. The van der Waals surface area contributed by atoms with E-state index in [1.54, 1.807) is 0 Å².